The van der Waals surface area contributed by atoms with Gasteiger partial charge in [0.05, 0.1) is 5.03 Å². The zero-order valence-electron chi connectivity index (χ0n) is 8.15. The number of rotatable bonds is 3. The standard InChI is InChI=1S/C10H15N3S/c1-2-5-12-9(3-1)7-14-10-4-6-11-8-13-10/h4,6,8-9,12H,1-3,5,7H2. The van der Waals surface area contributed by atoms with Crippen LogP contribution in [0.4, 0.5) is 0 Å². The minimum Gasteiger partial charge on any atom is -0.313 e. The Bertz CT molecular complexity index is 259. The van der Waals surface area contributed by atoms with Gasteiger partial charge in [-0.2, -0.15) is 0 Å². The normalized spacial score (nSPS) is 22.1. The molecule has 1 aliphatic rings. The van der Waals surface area contributed by atoms with Crippen molar-refractivity contribution in [2.45, 2.75) is 30.3 Å². The molecule has 1 aromatic rings. The van der Waals surface area contributed by atoms with Crippen LogP contribution in [0.1, 0.15) is 19.3 Å². The summed E-state index contributed by atoms with van der Waals surface area (Å²) in [5.74, 6) is 1.12. The predicted octanol–water partition coefficient (Wildman–Crippen LogP) is 1.71. The van der Waals surface area contributed by atoms with Gasteiger partial charge in [0.15, 0.2) is 0 Å². The summed E-state index contributed by atoms with van der Waals surface area (Å²) in [6.07, 6.45) is 7.40. The molecule has 1 unspecified atom stereocenters. The Labute approximate surface area is 88.7 Å². The second-order valence-electron chi connectivity index (χ2n) is 3.51. The van der Waals surface area contributed by atoms with Crippen molar-refractivity contribution in [1.29, 1.82) is 0 Å². The average Bonchev–Trinajstić information content (AvgIpc) is 2.29. The van der Waals surface area contributed by atoms with Crippen LogP contribution in [0.25, 0.3) is 0 Å². The SMILES string of the molecule is c1cc(SCC2CCCCN2)ncn1. The third-order valence-electron chi connectivity index (χ3n) is 2.40. The number of hydrogen-bond donors (Lipinski definition) is 1. The number of piperidine rings is 1. The fourth-order valence-electron chi connectivity index (χ4n) is 1.62. The van der Waals surface area contributed by atoms with Crippen LogP contribution in [0.5, 0.6) is 0 Å². The van der Waals surface area contributed by atoms with Gasteiger partial charge >= 0.3 is 0 Å². The number of aromatic nitrogens is 2. The first-order valence-electron chi connectivity index (χ1n) is 5.07. The van der Waals surface area contributed by atoms with Crippen LogP contribution in [0.15, 0.2) is 23.6 Å². The van der Waals surface area contributed by atoms with Crippen molar-refractivity contribution < 1.29 is 0 Å². The summed E-state index contributed by atoms with van der Waals surface area (Å²) in [6.45, 7) is 1.18. The number of hydrogen-bond acceptors (Lipinski definition) is 4. The van der Waals surface area contributed by atoms with Gasteiger partial charge in [0.2, 0.25) is 0 Å². The van der Waals surface area contributed by atoms with E-state index in [0.29, 0.717) is 6.04 Å². The summed E-state index contributed by atoms with van der Waals surface area (Å²) >= 11 is 1.81. The lowest BCUT2D eigenvalue weighted by Gasteiger charge is -2.22. The highest BCUT2D eigenvalue weighted by Crippen LogP contribution is 2.18. The van der Waals surface area contributed by atoms with E-state index in [9.17, 15) is 0 Å². The van der Waals surface area contributed by atoms with E-state index in [1.165, 1.54) is 25.8 Å². The molecule has 1 aromatic heterocycles. The van der Waals surface area contributed by atoms with E-state index in [1.54, 1.807) is 12.5 Å². The van der Waals surface area contributed by atoms with Crippen molar-refractivity contribution in [1.82, 2.24) is 15.3 Å². The maximum absolute atomic E-state index is 4.19. The quantitative estimate of drug-likeness (QED) is 0.607. The summed E-state index contributed by atoms with van der Waals surface area (Å²) in [7, 11) is 0. The van der Waals surface area contributed by atoms with Crippen LogP contribution in [0.2, 0.25) is 0 Å². The Morgan fingerprint density at radius 3 is 3.21 bits per heavy atom. The smallest absolute Gasteiger partial charge is 0.116 e. The van der Waals surface area contributed by atoms with Gasteiger partial charge in [-0.1, -0.05) is 6.42 Å². The molecule has 0 radical (unpaired) electrons. The predicted molar refractivity (Wildman–Crippen MR) is 58.4 cm³/mol. The third kappa shape index (κ3) is 2.96. The van der Waals surface area contributed by atoms with Crippen LogP contribution >= 0.6 is 11.8 Å². The molecule has 1 atom stereocenters. The van der Waals surface area contributed by atoms with Crippen LogP contribution < -0.4 is 5.32 Å². The van der Waals surface area contributed by atoms with E-state index >= 15 is 0 Å². The molecule has 0 aromatic carbocycles. The van der Waals surface area contributed by atoms with Gasteiger partial charge in [0, 0.05) is 18.0 Å². The molecule has 0 saturated carbocycles. The van der Waals surface area contributed by atoms with Crippen molar-refractivity contribution in [3.8, 4) is 0 Å². The fraction of sp³-hybridized carbons (Fsp3) is 0.600. The Hall–Kier alpha value is -0.610. The monoisotopic (exact) mass is 209 g/mol. The molecule has 2 heterocycles. The van der Waals surface area contributed by atoms with Gasteiger partial charge < -0.3 is 5.32 Å². The van der Waals surface area contributed by atoms with E-state index in [1.807, 2.05) is 17.8 Å². The topological polar surface area (TPSA) is 37.8 Å². The zero-order chi connectivity index (χ0) is 9.64. The lowest BCUT2D eigenvalue weighted by molar-refractivity contribution is 0.430. The van der Waals surface area contributed by atoms with E-state index in [2.05, 4.69) is 15.3 Å². The first-order valence-corrected chi connectivity index (χ1v) is 6.06. The maximum atomic E-state index is 4.19. The molecule has 14 heavy (non-hydrogen) atoms. The Balaban J connectivity index is 1.76. The van der Waals surface area contributed by atoms with Gasteiger partial charge in [0.25, 0.3) is 0 Å². The van der Waals surface area contributed by atoms with Gasteiger partial charge in [-0.05, 0) is 25.5 Å². The minimum atomic E-state index is 0.670. The Kier molecular flexibility index (Phi) is 3.77. The van der Waals surface area contributed by atoms with Crippen LogP contribution in [0, 0.1) is 0 Å². The van der Waals surface area contributed by atoms with Crippen molar-refractivity contribution in [2.75, 3.05) is 12.3 Å². The number of thioether (sulfide) groups is 1. The summed E-state index contributed by atoms with van der Waals surface area (Å²) in [4.78, 5) is 8.09. The molecule has 2 rings (SSSR count). The van der Waals surface area contributed by atoms with E-state index < -0.39 is 0 Å². The minimum absolute atomic E-state index is 0.670. The fourth-order valence-corrected chi connectivity index (χ4v) is 2.55. The second-order valence-corrected chi connectivity index (χ2v) is 4.55. The summed E-state index contributed by atoms with van der Waals surface area (Å²) < 4.78 is 0. The van der Waals surface area contributed by atoms with Gasteiger partial charge in [-0.3, -0.25) is 0 Å². The molecule has 1 saturated heterocycles. The molecular weight excluding hydrogens is 194 g/mol. The highest BCUT2D eigenvalue weighted by Gasteiger charge is 2.12. The van der Waals surface area contributed by atoms with Crippen LogP contribution in [-0.4, -0.2) is 28.3 Å². The molecular formula is C10H15N3S. The first-order chi connectivity index (χ1) is 6.95. The van der Waals surface area contributed by atoms with Crippen molar-refractivity contribution in [3.63, 3.8) is 0 Å². The zero-order valence-corrected chi connectivity index (χ0v) is 8.96. The summed E-state index contributed by atoms with van der Waals surface area (Å²) in [6, 6.07) is 2.64. The highest BCUT2D eigenvalue weighted by molar-refractivity contribution is 7.99. The molecule has 76 valence electrons. The van der Waals surface area contributed by atoms with E-state index in [0.717, 1.165) is 10.8 Å². The van der Waals surface area contributed by atoms with Crippen molar-refractivity contribution in [2.24, 2.45) is 0 Å². The summed E-state index contributed by atoms with van der Waals surface area (Å²) in [5, 5.41) is 4.60. The lowest BCUT2D eigenvalue weighted by Crippen LogP contribution is -2.35. The lowest BCUT2D eigenvalue weighted by atomic mass is 10.1. The summed E-state index contributed by atoms with van der Waals surface area (Å²) in [5.41, 5.74) is 0. The Morgan fingerprint density at radius 2 is 2.50 bits per heavy atom. The second kappa shape index (κ2) is 5.32. The molecule has 0 spiro atoms. The molecule has 1 N–H and O–H groups in total. The van der Waals surface area contributed by atoms with E-state index in [4.69, 9.17) is 0 Å². The third-order valence-corrected chi connectivity index (χ3v) is 3.51. The molecule has 1 fully saturated rings. The average molecular weight is 209 g/mol. The van der Waals surface area contributed by atoms with Crippen molar-refractivity contribution >= 4 is 11.8 Å². The molecule has 3 nitrogen and oxygen atoms in total. The van der Waals surface area contributed by atoms with Crippen LogP contribution in [0.3, 0.4) is 0 Å². The van der Waals surface area contributed by atoms with Gasteiger partial charge in [-0.25, -0.2) is 9.97 Å². The van der Waals surface area contributed by atoms with E-state index in [-0.39, 0.29) is 0 Å². The highest BCUT2D eigenvalue weighted by atomic mass is 32.2. The Morgan fingerprint density at radius 1 is 1.50 bits per heavy atom. The van der Waals surface area contributed by atoms with Crippen molar-refractivity contribution in [3.05, 3.63) is 18.6 Å². The van der Waals surface area contributed by atoms with Gasteiger partial charge in [-0.15, -0.1) is 11.8 Å². The number of nitrogens with one attached hydrogen (secondary N) is 1. The molecule has 0 amide bonds. The molecule has 4 heteroatoms. The maximum Gasteiger partial charge on any atom is 0.116 e. The largest absolute Gasteiger partial charge is 0.313 e. The number of nitrogens with zero attached hydrogens (tertiary/aromatic N) is 2. The van der Waals surface area contributed by atoms with Gasteiger partial charge in [0.1, 0.15) is 6.33 Å². The molecule has 0 aliphatic carbocycles. The molecule has 0 bridgehead atoms. The first kappa shape index (κ1) is 9.93. The van der Waals surface area contributed by atoms with Crippen LogP contribution in [-0.2, 0) is 0 Å². The molecule has 1 aliphatic heterocycles.